The number of halogens is 1. The zero-order valence-corrected chi connectivity index (χ0v) is 17.2. The van der Waals surface area contributed by atoms with Crippen molar-refractivity contribution in [1.29, 1.82) is 0 Å². The average Bonchev–Trinajstić information content (AvgIpc) is 2.75. The molecule has 11 nitrogen and oxygen atoms in total. The van der Waals surface area contributed by atoms with Crippen LogP contribution in [0.2, 0.25) is 0 Å². The zero-order chi connectivity index (χ0) is 22.4. The number of likely N-dealkylation sites (N-methyl/N-ethyl adjacent to an activating group) is 1. The van der Waals surface area contributed by atoms with E-state index in [1.165, 1.54) is 24.2 Å². The van der Waals surface area contributed by atoms with Crippen molar-refractivity contribution in [2.24, 2.45) is 0 Å². The number of carbonyl (C=O) groups excluding carboxylic acids is 1. The molecule has 0 saturated carbocycles. The molecular formula is C19H24FN7O4. The minimum absolute atomic E-state index is 0.116. The van der Waals surface area contributed by atoms with Crippen molar-refractivity contribution < 1.29 is 23.8 Å². The number of ether oxygens (including phenoxy) is 1. The fourth-order valence-electron chi connectivity index (χ4n) is 3.23. The number of hydrogen-bond acceptors (Lipinski definition) is 7. The van der Waals surface area contributed by atoms with E-state index in [4.69, 9.17) is 9.84 Å². The maximum Gasteiger partial charge on any atom is 0.410 e. The number of alkyl halides is 1. The molecule has 1 aliphatic heterocycles. The molecule has 2 aromatic rings. The van der Waals surface area contributed by atoms with Gasteiger partial charge in [-0.3, -0.25) is 10.6 Å². The first-order chi connectivity index (χ1) is 14.9. The van der Waals surface area contributed by atoms with E-state index in [1.54, 1.807) is 30.3 Å². The van der Waals surface area contributed by atoms with E-state index in [1.807, 2.05) is 0 Å². The number of urea groups is 1. The Labute approximate surface area is 178 Å². The summed E-state index contributed by atoms with van der Waals surface area (Å²) < 4.78 is 19.7. The number of carbonyl (C=O) groups is 2. The van der Waals surface area contributed by atoms with Crippen molar-refractivity contribution in [2.45, 2.75) is 25.2 Å². The summed E-state index contributed by atoms with van der Waals surface area (Å²) in [6.45, 7) is 0.905. The molecule has 0 radical (unpaired) electrons. The molecule has 0 bridgehead atoms. The van der Waals surface area contributed by atoms with Crippen LogP contribution >= 0.6 is 0 Å². The van der Waals surface area contributed by atoms with E-state index < -0.39 is 24.3 Å². The van der Waals surface area contributed by atoms with Gasteiger partial charge in [0, 0.05) is 39.6 Å². The highest BCUT2D eigenvalue weighted by Gasteiger charge is 2.35. The number of nitrogens with one attached hydrogen (secondary N) is 2. The molecule has 3 rings (SSSR count). The van der Waals surface area contributed by atoms with Crippen molar-refractivity contribution >= 4 is 29.7 Å². The van der Waals surface area contributed by atoms with Gasteiger partial charge in [-0.2, -0.15) is 4.98 Å². The molecule has 2 unspecified atom stereocenters. The lowest BCUT2D eigenvalue weighted by Gasteiger charge is -2.39. The number of hydrogen-bond donors (Lipinski definition) is 3. The topological polar surface area (TPSA) is 133 Å². The van der Waals surface area contributed by atoms with Crippen molar-refractivity contribution in [1.82, 2.24) is 19.9 Å². The predicted molar refractivity (Wildman–Crippen MR) is 111 cm³/mol. The van der Waals surface area contributed by atoms with Gasteiger partial charge in [-0.25, -0.2) is 23.9 Å². The van der Waals surface area contributed by atoms with Gasteiger partial charge in [-0.05, 0) is 24.1 Å². The van der Waals surface area contributed by atoms with Crippen LogP contribution in [-0.4, -0.2) is 76.5 Å². The molecule has 0 aliphatic carbocycles. The Morgan fingerprint density at radius 1 is 1.29 bits per heavy atom. The summed E-state index contributed by atoms with van der Waals surface area (Å²) in [5.74, 6) is 0.716. The van der Waals surface area contributed by atoms with Crippen LogP contribution in [-0.2, 0) is 11.3 Å². The summed E-state index contributed by atoms with van der Waals surface area (Å²) >= 11 is 0. The van der Waals surface area contributed by atoms with Gasteiger partial charge >= 0.3 is 12.1 Å². The summed E-state index contributed by atoms with van der Waals surface area (Å²) in [6, 6.07) is 3.60. The van der Waals surface area contributed by atoms with Crippen molar-refractivity contribution in [3.05, 3.63) is 36.2 Å². The van der Waals surface area contributed by atoms with Crippen LogP contribution in [0.3, 0.4) is 0 Å². The normalized spacial score (nSPS) is 18.4. The van der Waals surface area contributed by atoms with Crippen LogP contribution in [0.1, 0.15) is 12.0 Å². The molecule has 3 N–H and O–H groups in total. The van der Waals surface area contributed by atoms with Gasteiger partial charge < -0.3 is 19.6 Å². The number of amides is 3. The van der Waals surface area contributed by atoms with E-state index in [0.29, 0.717) is 19.0 Å². The minimum atomic E-state index is -1.25. The van der Waals surface area contributed by atoms with E-state index in [9.17, 15) is 14.0 Å². The van der Waals surface area contributed by atoms with Crippen LogP contribution in [0.4, 0.5) is 31.6 Å². The van der Waals surface area contributed by atoms with Gasteiger partial charge in [-0.15, -0.1) is 0 Å². The smallest absolute Gasteiger partial charge is 0.410 e. The van der Waals surface area contributed by atoms with Gasteiger partial charge in [-0.1, -0.05) is 6.07 Å². The minimum Gasteiger partial charge on any atom is -0.465 e. The van der Waals surface area contributed by atoms with Crippen LogP contribution in [0.25, 0.3) is 0 Å². The maximum atomic E-state index is 14.7. The second-order valence-corrected chi connectivity index (χ2v) is 7.02. The SMILES string of the molecule is COCc1ccc(NC(=O)N(C)C2CN(c3nccc(NC(=O)O)n3)CCC2F)nc1. The number of carboxylic acid groups (broad SMARTS) is 1. The summed E-state index contributed by atoms with van der Waals surface area (Å²) in [5, 5.41) is 13.7. The Balaban J connectivity index is 1.66. The number of pyridine rings is 1. The number of anilines is 3. The fourth-order valence-corrected chi connectivity index (χ4v) is 3.23. The van der Waals surface area contributed by atoms with Gasteiger partial charge in [0.05, 0.1) is 12.6 Å². The summed E-state index contributed by atoms with van der Waals surface area (Å²) in [6.07, 6.45) is 0.704. The van der Waals surface area contributed by atoms with Crippen molar-refractivity contribution in [3.63, 3.8) is 0 Å². The first-order valence-electron chi connectivity index (χ1n) is 9.57. The summed E-state index contributed by atoms with van der Waals surface area (Å²) in [7, 11) is 3.09. The molecule has 1 saturated heterocycles. The van der Waals surface area contributed by atoms with Crippen LogP contribution in [0.15, 0.2) is 30.6 Å². The molecule has 166 valence electrons. The predicted octanol–water partition coefficient (Wildman–Crippen LogP) is 2.19. The number of aromatic nitrogens is 3. The van der Waals surface area contributed by atoms with E-state index in [-0.39, 0.29) is 24.7 Å². The van der Waals surface area contributed by atoms with E-state index in [2.05, 4.69) is 25.6 Å². The standard InChI is InChI=1S/C19H24FN7O4/c1-26(18(28)24-15-4-3-12(9-22-15)11-31-2)14-10-27(8-6-13(14)20)17-21-7-5-16(23-17)25-19(29)30/h3-5,7,9,13-14H,6,8,10-11H2,1-2H3,(H,29,30)(H,21,23,25)(H,22,24,28). The Bertz CT molecular complexity index is 914. The molecule has 1 aliphatic rings. The Kier molecular flexibility index (Phi) is 7.13. The molecule has 3 amide bonds. The second kappa shape index (κ2) is 9.98. The molecule has 2 aromatic heterocycles. The zero-order valence-electron chi connectivity index (χ0n) is 17.2. The van der Waals surface area contributed by atoms with Crippen LogP contribution < -0.4 is 15.5 Å². The van der Waals surface area contributed by atoms with Crippen LogP contribution in [0.5, 0.6) is 0 Å². The molecule has 3 heterocycles. The highest BCUT2D eigenvalue weighted by atomic mass is 19.1. The first kappa shape index (κ1) is 22.2. The lowest BCUT2D eigenvalue weighted by atomic mass is 10.0. The summed E-state index contributed by atoms with van der Waals surface area (Å²) in [5.41, 5.74) is 0.861. The number of nitrogens with zero attached hydrogens (tertiary/aromatic N) is 5. The first-order valence-corrected chi connectivity index (χ1v) is 9.57. The number of piperidine rings is 1. The monoisotopic (exact) mass is 433 g/mol. The van der Waals surface area contributed by atoms with Crippen LogP contribution in [0, 0.1) is 0 Å². The van der Waals surface area contributed by atoms with Gasteiger partial charge in [0.15, 0.2) is 0 Å². The van der Waals surface area contributed by atoms with Gasteiger partial charge in [0.1, 0.15) is 17.8 Å². The lowest BCUT2D eigenvalue weighted by Crippen LogP contribution is -2.55. The largest absolute Gasteiger partial charge is 0.465 e. The molecular weight excluding hydrogens is 409 g/mol. The maximum absolute atomic E-state index is 14.7. The Morgan fingerprint density at radius 3 is 2.77 bits per heavy atom. The number of rotatable bonds is 6. The van der Waals surface area contributed by atoms with Crippen molar-refractivity contribution in [2.75, 3.05) is 42.8 Å². The second-order valence-electron chi connectivity index (χ2n) is 7.02. The average molecular weight is 433 g/mol. The van der Waals surface area contributed by atoms with Crippen molar-refractivity contribution in [3.8, 4) is 0 Å². The van der Waals surface area contributed by atoms with Gasteiger partial charge in [0.25, 0.3) is 0 Å². The Hall–Kier alpha value is -3.54. The van der Waals surface area contributed by atoms with E-state index >= 15 is 0 Å². The molecule has 2 atom stereocenters. The highest BCUT2D eigenvalue weighted by molar-refractivity contribution is 5.88. The molecule has 1 fully saturated rings. The third-order valence-corrected chi connectivity index (χ3v) is 4.85. The molecule has 0 spiro atoms. The quantitative estimate of drug-likeness (QED) is 0.631. The van der Waals surface area contributed by atoms with Gasteiger partial charge in [0.2, 0.25) is 5.95 Å². The third-order valence-electron chi connectivity index (χ3n) is 4.85. The van der Waals surface area contributed by atoms with E-state index in [0.717, 1.165) is 5.56 Å². The fraction of sp³-hybridized carbons (Fsp3) is 0.421. The lowest BCUT2D eigenvalue weighted by molar-refractivity contribution is 0.133. The summed E-state index contributed by atoms with van der Waals surface area (Å²) in [4.78, 5) is 38.9. The molecule has 12 heteroatoms. The molecule has 31 heavy (non-hydrogen) atoms. The highest BCUT2D eigenvalue weighted by Crippen LogP contribution is 2.23. The Morgan fingerprint density at radius 2 is 2.10 bits per heavy atom. The number of methoxy groups -OCH3 is 1. The third kappa shape index (κ3) is 5.75. The molecule has 0 aromatic carbocycles.